The van der Waals surface area contributed by atoms with Gasteiger partial charge in [-0.1, -0.05) is 6.92 Å². The zero-order valence-corrected chi connectivity index (χ0v) is 13.7. The van der Waals surface area contributed by atoms with E-state index in [-0.39, 0.29) is 28.8 Å². The molecule has 0 spiro atoms. The summed E-state index contributed by atoms with van der Waals surface area (Å²) in [7, 11) is 0. The summed E-state index contributed by atoms with van der Waals surface area (Å²) < 4.78 is 9.91. The van der Waals surface area contributed by atoms with Gasteiger partial charge in [0, 0.05) is 11.8 Å². The first-order valence-electron chi connectivity index (χ1n) is 7.17. The second kappa shape index (κ2) is 8.11. The molecule has 0 bridgehead atoms. The summed E-state index contributed by atoms with van der Waals surface area (Å²) in [5, 5.41) is 15.1. The van der Waals surface area contributed by atoms with Crippen molar-refractivity contribution >= 4 is 34.9 Å². The average Bonchev–Trinajstić information content (AvgIpc) is 3.07. The number of nitrogens with one attached hydrogen (secondary N) is 2. The third-order valence-electron chi connectivity index (χ3n) is 2.88. The van der Waals surface area contributed by atoms with E-state index in [1.165, 1.54) is 30.5 Å². The van der Waals surface area contributed by atoms with E-state index < -0.39 is 11.9 Å². The molecule has 1 amide bonds. The van der Waals surface area contributed by atoms with Crippen molar-refractivity contribution in [2.24, 2.45) is 0 Å². The van der Waals surface area contributed by atoms with E-state index in [0.29, 0.717) is 12.1 Å². The van der Waals surface area contributed by atoms with Crippen LogP contribution >= 0.6 is 12.2 Å². The quantitative estimate of drug-likeness (QED) is 0.564. The first kappa shape index (κ1) is 17.5. The Balaban J connectivity index is 1.97. The summed E-state index contributed by atoms with van der Waals surface area (Å²) in [4.78, 5) is 23.5. The molecule has 126 valence electrons. The van der Waals surface area contributed by atoms with Crippen LogP contribution in [0.25, 0.3) is 0 Å². The summed E-state index contributed by atoms with van der Waals surface area (Å²) in [6, 6.07) is 7.34. The predicted molar refractivity (Wildman–Crippen MR) is 91.1 cm³/mol. The lowest BCUT2D eigenvalue weighted by atomic mass is 10.2. The summed E-state index contributed by atoms with van der Waals surface area (Å²) in [6.45, 7) is 2.15. The lowest BCUT2D eigenvalue weighted by Gasteiger charge is -2.10. The molecule has 0 atom stereocenters. The molecule has 1 heterocycles. The highest BCUT2D eigenvalue weighted by Gasteiger charge is 2.14. The van der Waals surface area contributed by atoms with Gasteiger partial charge < -0.3 is 19.6 Å². The highest BCUT2D eigenvalue weighted by Crippen LogP contribution is 2.22. The van der Waals surface area contributed by atoms with Crippen LogP contribution in [-0.4, -0.2) is 28.7 Å². The molecule has 3 N–H and O–H groups in total. The van der Waals surface area contributed by atoms with Crippen LogP contribution in [0.2, 0.25) is 0 Å². The van der Waals surface area contributed by atoms with Crippen LogP contribution in [0, 0.1) is 0 Å². The maximum absolute atomic E-state index is 11.8. The number of hydrogen-bond donors (Lipinski definition) is 3. The second-order valence-corrected chi connectivity index (χ2v) is 5.16. The number of carbonyl (C=O) groups excluding carboxylic acids is 2. The van der Waals surface area contributed by atoms with Crippen molar-refractivity contribution in [2.75, 3.05) is 11.9 Å². The molecule has 0 unspecified atom stereocenters. The molecule has 0 saturated heterocycles. The van der Waals surface area contributed by atoms with Crippen LogP contribution in [0.4, 0.5) is 5.69 Å². The molecule has 0 aliphatic carbocycles. The van der Waals surface area contributed by atoms with Gasteiger partial charge in [-0.15, -0.1) is 0 Å². The van der Waals surface area contributed by atoms with Crippen molar-refractivity contribution in [2.45, 2.75) is 13.3 Å². The van der Waals surface area contributed by atoms with E-state index in [0.717, 1.165) is 0 Å². The van der Waals surface area contributed by atoms with Gasteiger partial charge in [-0.3, -0.25) is 10.1 Å². The number of esters is 1. The Morgan fingerprint density at radius 1 is 1.33 bits per heavy atom. The number of carbonyl (C=O) groups is 2. The molecule has 0 aliphatic rings. The standard InChI is InChI=1S/C16H16N2O5S/c1-2-7-23-15(21)11-6-5-10(9-12(11)19)17-16(24)18-14(20)13-4-3-8-22-13/h3-6,8-9,19H,2,7H2,1H3,(H2,17,18,20,24). The normalized spacial score (nSPS) is 10.0. The van der Waals surface area contributed by atoms with E-state index in [9.17, 15) is 14.7 Å². The number of amides is 1. The summed E-state index contributed by atoms with van der Waals surface area (Å²) >= 11 is 5.01. The van der Waals surface area contributed by atoms with Crippen molar-refractivity contribution in [3.05, 3.63) is 47.9 Å². The lowest BCUT2D eigenvalue weighted by molar-refractivity contribution is 0.0501. The Morgan fingerprint density at radius 2 is 2.12 bits per heavy atom. The first-order chi connectivity index (χ1) is 11.5. The largest absolute Gasteiger partial charge is 0.507 e. The number of phenolic OH excluding ortho intramolecular Hbond substituents is 1. The number of rotatable bonds is 5. The van der Waals surface area contributed by atoms with Crippen LogP contribution in [0.3, 0.4) is 0 Å². The SMILES string of the molecule is CCCOC(=O)c1ccc(NC(=S)NC(=O)c2ccco2)cc1O. The number of furan rings is 1. The first-order valence-corrected chi connectivity index (χ1v) is 7.58. The summed E-state index contributed by atoms with van der Waals surface area (Å²) in [6.07, 6.45) is 2.07. The average molecular weight is 348 g/mol. The third kappa shape index (κ3) is 4.56. The molecule has 0 radical (unpaired) electrons. The monoisotopic (exact) mass is 348 g/mol. The molecule has 1 aromatic carbocycles. The Morgan fingerprint density at radius 3 is 2.75 bits per heavy atom. The van der Waals surface area contributed by atoms with Crippen molar-refractivity contribution in [1.82, 2.24) is 5.32 Å². The zero-order chi connectivity index (χ0) is 17.5. The van der Waals surface area contributed by atoms with E-state index >= 15 is 0 Å². The van der Waals surface area contributed by atoms with Gasteiger partial charge in [-0.25, -0.2) is 4.79 Å². The lowest BCUT2D eigenvalue weighted by Crippen LogP contribution is -2.33. The van der Waals surface area contributed by atoms with Gasteiger partial charge in [0.05, 0.1) is 12.9 Å². The molecule has 1 aromatic heterocycles. The highest BCUT2D eigenvalue weighted by molar-refractivity contribution is 7.80. The van der Waals surface area contributed by atoms with Crippen LogP contribution in [0.1, 0.15) is 34.3 Å². The molecular formula is C16H16N2O5S. The zero-order valence-electron chi connectivity index (χ0n) is 12.9. The number of aromatic hydroxyl groups is 1. The van der Waals surface area contributed by atoms with Gasteiger partial charge in [-0.2, -0.15) is 0 Å². The van der Waals surface area contributed by atoms with Crippen molar-refractivity contribution in [3.63, 3.8) is 0 Å². The van der Waals surface area contributed by atoms with Crippen molar-refractivity contribution in [3.8, 4) is 5.75 Å². The smallest absolute Gasteiger partial charge is 0.341 e. The van der Waals surface area contributed by atoms with E-state index in [2.05, 4.69) is 10.6 Å². The van der Waals surface area contributed by atoms with Gasteiger partial charge in [0.15, 0.2) is 10.9 Å². The fourth-order valence-electron chi connectivity index (χ4n) is 1.79. The highest BCUT2D eigenvalue weighted by atomic mass is 32.1. The predicted octanol–water partition coefficient (Wildman–Crippen LogP) is 2.68. The summed E-state index contributed by atoms with van der Waals surface area (Å²) in [5.74, 6) is -1.23. The minimum Gasteiger partial charge on any atom is -0.507 e. The summed E-state index contributed by atoms with van der Waals surface area (Å²) in [5.41, 5.74) is 0.462. The Labute approximate surface area is 143 Å². The Kier molecular flexibility index (Phi) is 5.91. The number of hydrogen-bond acceptors (Lipinski definition) is 6. The maximum atomic E-state index is 11.8. The van der Waals surface area contributed by atoms with Gasteiger partial charge in [-0.05, 0) is 42.9 Å². The van der Waals surface area contributed by atoms with Gasteiger partial charge >= 0.3 is 5.97 Å². The fraction of sp³-hybridized carbons (Fsp3) is 0.188. The van der Waals surface area contributed by atoms with Crippen LogP contribution in [-0.2, 0) is 4.74 Å². The van der Waals surface area contributed by atoms with E-state index in [1.54, 1.807) is 6.07 Å². The van der Waals surface area contributed by atoms with Crippen LogP contribution in [0.15, 0.2) is 41.0 Å². The minimum atomic E-state index is -0.602. The van der Waals surface area contributed by atoms with E-state index in [4.69, 9.17) is 21.4 Å². The number of phenols is 1. The molecule has 8 heteroatoms. The molecule has 2 rings (SSSR count). The minimum absolute atomic E-state index is 0.0251. The number of benzene rings is 1. The van der Waals surface area contributed by atoms with Crippen LogP contribution < -0.4 is 10.6 Å². The van der Waals surface area contributed by atoms with Gasteiger partial charge in [0.2, 0.25) is 0 Å². The number of ether oxygens (including phenoxy) is 1. The molecule has 0 aliphatic heterocycles. The van der Waals surface area contributed by atoms with Gasteiger partial charge in [0.1, 0.15) is 11.3 Å². The topological polar surface area (TPSA) is 101 Å². The molecular weight excluding hydrogens is 332 g/mol. The fourth-order valence-corrected chi connectivity index (χ4v) is 2.00. The molecule has 24 heavy (non-hydrogen) atoms. The number of anilines is 1. The number of thiocarbonyl (C=S) groups is 1. The molecule has 0 saturated carbocycles. The van der Waals surface area contributed by atoms with Crippen molar-refractivity contribution in [1.29, 1.82) is 0 Å². The Hall–Kier alpha value is -2.87. The molecule has 2 aromatic rings. The molecule has 0 fully saturated rings. The molecule has 7 nitrogen and oxygen atoms in total. The van der Waals surface area contributed by atoms with E-state index in [1.807, 2.05) is 6.92 Å². The van der Waals surface area contributed by atoms with Crippen LogP contribution in [0.5, 0.6) is 5.75 Å². The second-order valence-electron chi connectivity index (χ2n) is 4.75. The maximum Gasteiger partial charge on any atom is 0.341 e. The van der Waals surface area contributed by atoms with Gasteiger partial charge in [0.25, 0.3) is 5.91 Å². The van der Waals surface area contributed by atoms with Crippen molar-refractivity contribution < 1.29 is 23.8 Å². The third-order valence-corrected chi connectivity index (χ3v) is 3.09. The Bertz CT molecular complexity index is 743.